The number of hydrogen-bond acceptors (Lipinski definition) is 4. The number of nitrogens with zero attached hydrogens (tertiary/aromatic N) is 6. The van der Waals surface area contributed by atoms with Crippen LogP contribution in [0.15, 0.2) is 271 Å². The third-order valence-electron chi connectivity index (χ3n) is 13.8. The summed E-state index contributed by atoms with van der Waals surface area (Å²) in [6.07, 6.45) is 4.73. The minimum Gasteiger partial charge on any atom is -0.360 e. The van der Waals surface area contributed by atoms with Crippen molar-refractivity contribution in [1.29, 1.82) is 0 Å². The third-order valence-corrected chi connectivity index (χ3v) is 14.9. The Hall–Kier alpha value is -8.85. The van der Waals surface area contributed by atoms with Crippen LogP contribution in [0.3, 0.4) is 0 Å². The van der Waals surface area contributed by atoms with Crippen LogP contribution in [0.1, 0.15) is 0 Å². The highest BCUT2D eigenvalue weighted by Gasteiger charge is 2.44. The van der Waals surface area contributed by atoms with Gasteiger partial charge in [0.1, 0.15) is 5.82 Å². The Morgan fingerprint density at radius 3 is 1.37 bits per heavy atom. The van der Waals surface area contributed by atoms with E-state index in [9.17, 15) is 0 Å². The van der Waals surface area contributed by atoms with Gasteiger partial charge in [0, 0.05) is 79.4 Å². The molecule has 12 aromatic rings. The molecule has 0 spiro atoms. The van der Waals surface area contributed by atoms with Crippen molar-refractivity contribution in [3.63, 3.8) is 0 Å². The molecular weight excluding hydrogens is 872 g/mol. The highest BCUT2D eigenvalue weighted by atomic mass is 32.2. The molecule has 0 fully saturated rings. The molecule has 9 aromatic carbocycles. The van der Waals surface area contributed by atoms with Crippen molar-refractivity contribution < 1.29 is 0 Å². The van der Waals surface area contributed by atoms with Gasteiger partial charge in [-0.3, -0.25) is 4.90 Å². The summed E-state index contributed by atoms with van der Waals surface area (Å²) in [4.78, 5) is 8.47. The molecule has 0 atom stereocenters. The van der Waals surface area contributed by atoms with Crippen molar-refractivity contribution in [1.82, 2.24) is 13.5 Å². The number of fused-ring (bicyclic) bond motifs is 7. The van der Waals surface area contributed by atoms with Crippen molar-refractivity contribution in [2.75, 3.05) is 14.7 Å². The zero-order valence-corrected chi connectivity index (χ0v) is 38.8. The van der Waals surface area contributed by atoms with Crippen LogP contribution in [0.4, 0.5) is 51.3 Å². The van der Waals surface area contributed by atoms with Gasteiger partial charge in [0.05, 0.1) is 27.4 Å². The Kier molecular flexibility index (Phi) is 9.45. The van der Waals surface area contributed by atoms with Crippen LogP contribution in [0.25, 0.3) is 38.6 Å². The molecule has 5 heterocycles. The summed E-state index contributed by atoms with van der Waals surface area (Å²) < 4.78 is 7.47. The minimum atomic E-state index is -0.215. The maximum absolute atomic E-state index is 2.51. The molecule has 0 unspecified atom stereocenters. The van der Waals surface area contributed by atoms with Gasteiger partial charge >= 0.3 is 6.98 Å². The fourth-order valence-electron chi connectivity index (χ4n) is 10.8. The van der Waals surface area contributed by atoms with Crippen LogP contribution in [0.5, 0.6) is 0 Å². The lowest BCUT2D eigenvalue weighted by Crippen LogP contribution is -2.53. The molecule has 0 radical (unpaired) electrons. The summed E-state index contributed by atoms with van der Waals surface area (Å²) in [6.45, 7) is -0.215. The molecule has 0 bridgehead atoms. The van der Waals surface area contributed by atoms with Gasteiger partial charge in [-0.25, -0.2) is 0 Å². The fraction of sp³-hybridized carbons (Fsp3) is 0. The average molecular weight is 915 g/mol. The monoisotopic (exact) mass is 914 g/mol. The summed E-state index contributed by atoms with van der Waals surface area (Å²) in [5, 5.41) is 3.65. The molecule has 2 aliphatic rings. The van der Waals surface area contributed by atoms with E-state index in [0.29, 0.717) is 0 Å². The van der Waals surface area contributed by atoms with E-state index in [1.165, 1.54) is 48.3 Å². The molecule has 14 rings (SSSR count). The molecule has 6 nitrogen and oxygen atoms in total. The molecule has 3 aromatic heterocycles. The van der Waals surface area contributed by atoms with Crippen LogP contribution in [-0.2, 0) is 0 Å². The highest BCUT2D eigenvalue weighted by molar-refractivity contribution is 7.99. The van der Waals surface area contributed by atoms with Crippen LogP contribution >= 0.6 is 11.8 Å². The third kappa shape index (κ3) is 6.52. The Bertz CT molecular complexity index is 3740. The predicted molar refractivity (Wildman–Crippen MR) is 293 cm³/mol. The molecule has 8 heteroatoms. The van der Waals surface area contributed by atoms with Crippen molar-refractivity contribution in [3.8, 4) is 16.8 Å². The van der Waals surface area contributed by atoms with Gasteiger partial charge in [-0.2, -0.15) is 0 Å². The first kappa shape index (κ1) is 40.2. The molecule has 2 aliphatic heterocycles. The number of rotatable bonds is 9. The Labute approximate surface area is 411 Å². The lowest BCUT2D eigenvalue weighted by atomic mass is 9.64. The SMILES string of the molecule is c1ccc(-c2ccc(N3c4cc(-n5c6ccccc6c6ccccc65)cc5c4B(n4cc(N(c6ccccc6)c6ccccc6)cc4S5)n4cc(N(c5ccccc5)c5ccccc5)cc43)cc2)cc1. The summed E-state index contributed by atoms with van der Waals surface area (Å²) in [6, 6.07) is 89.9. The van der Waals surface area contributed by atoms with Crippen LogP contribution < -0.4 is 20.2 Å². The minimum absolute atomic E-state index is 0.215. The molecule has 0 amide bonds. The normalized spacial score (nSPS) is 12.5. The van der Waals surface area contributed by atoms with E-state index >= 15 is 0 Å². The van der Waals surface area contributed by atoms with E-state index in [1.54, 1.807) is 0 Å². The van der Waals surface area contributed by atoms with Gasteiger partial charge in [-0.15, -0.1) is 0 Å². The van der Waals surface area contributed by atoms with Gasteiger partial charge in [0.15, 0.2) is 0 Å². The standard InChI is InChI=1S/C62H43BN6S/c1-6-20-44(21-7-1)45-34-36-50(37-35-45)69-58-38-51(68-56-32-18-16-30-54(56)55-31-17-19-33-57(55)68)39-59-62(58)63(64-42-52(40-60(64)69)66(46-22-8-2-9-23-46)47-24-10-3-11-25-47)65-43-53(41-61(65)70-59)67(48-26-12-4-13-27-48)49-28-14-5-15-29-49/h1-43H. The van der Waals surface area contributed by atoms with E-state index in [4.69, 9.17) is 0 Å². The Balaban J connectivity index is 1.05. The van der Waals surface area contributed by atoms with E-state index < -0.39 is 0 Å². The molecule has 0 saturated heterocycles. The Morgan fingerprint density at radius 1 is 0.371 bits per heavy atom. The second-order valence-corrected chi connectivity index (χ2v) is 19.0. The maximum atomic E-state index is 2.51. The molecule has 330 valence electrons. The van der Waals surface area contributed by atoms with Gasteiger partial charge < -0.3 is 23.3 Å². The number of para-hydroxylation sites is 6. The number of benzene rings is 9. The number of aromatic nitrogens is 3. The first-order valence-electron chi connectivity index (χ1n) is 23.8. The van der Waals surface area contributed by atoms with Gasteiger partial charge in [0.2, 0.25) is 0 Å². The summed E-state index contributed by atoms with van der Waals surface area (Å²) >= 11 is 1.85. The van der Waals surface area contributed by atoms with E-state index in [2.05, 4.69) is 289 Å². The van der Waals surface area contributed by atoms with Crippen molar-refractivity contribution >= 4 is 97.3 Å². The van der Waals surface area contributed by atoms with Gasteiger partial charge in [0.25, 0.3) is 0 Å². The van der Waals surface area contributed by atoms with Crippen LogP contribution in [0.2, 0.25) is 0 Å². The van der Waals surface area contributed by atoms with Crippen molar-refractivity contribution in [2.24, 2.45) is 0 Å². The van der Waals surface area contributed by atoms with Crippen molar-refractivity contribution in [2.45, 2.75) is 9.92 Å². The molecular formula is C62H43BN6S. The first-order valence-corrected chi connectivity index (χ1v) is 24.6. The largest absolute Gasteiger partial charge is 0.424 e. The molecule has 0 aliphatic carbocycles. The quantitative estimate of drug-likeness (QED) is 0.135. The summed E-state index contributed by atoms with van der Waals surface area (Å²) in [5.74, 6) is 1.07. The average Bonchev–Trinajstić information content (AvgIpc) is 4.14. The zero-order valence-electron chi connectivity index (χ0n) is 38.0. The first-order chi connectivity index (χ1) is 34.7. The molecule has 0 N–H and O–H groups in total. The smallest absolute Gasteiger partial charge is 0.360 e. The van der Waals surface area contributed by atoms with Crippen LogP contribution in [-0.4, -0.2) is 20.5 Å². The lowest BCUT2D eigenvalue weighted by Gasteiger charge is -2.40. The second kappa shape index (κ2) is 16.4. The topological polar surface area (TPSA) is 24.5 Å². The zero-order chi connectivity index (χ0) is 46.1. The van der Waals surface area contributed by atoms with Crippen LogP contribution in [0, 0.1) is 0 Å². The number of anilines is 9. The van der Waals surface area contributed by atoms with E-state index in [-0.39, 0.29) is 6.98 Å². The second-order valence-electron chi connectivity index (χ2n) is 17.9. The fourth-order valence-corrected chi connectivity index (χ4v) is 12.0. The summed E-state index contributed by atoms with van der Waals surface area (Å²) in [5.41, 5.74) is 15.9. The van der Waals surface area contributed by atoms with Gasteiger partial charge in [-0.1, -0.05) is 163 Å². The molecule has 70 heavy (non-hydrogen) atoms. The van der Waals surface area contributed by atoms with Crippen molar-refractivity contribution in [3.05, 3.63) is 261 Å². The Morgan fingerprint density at radius 2 is 0.829 bits per heavy atom. The van der Waals surface area contributed by atoms with E-state index in [0.717, 1.165) is 57.0 Å². The number of hydrogen-bond donors (Lipinski definition) is 0. The molecule has 0 saturated carbocycles. The highest BCUT2D eigenvalue weighted by Crippen LogP contribution is 2.50. The lowest BCUT2D eigenvalue weighted by molar-refractivity contribution is 0.956. The van der Waals surface area contributed by atoms with E-state index in [1.807, 2.05) is 11.8 Å². The van der Waals surface area contributed by atoms with Gasteiger partial charge in [-0.05, 0) is 102 Å². The predicted octanol–water partition coefficient (Wildman–Crippen LogP) is 16.0. The maximum Gasteiger partial charge on any atom is 0.424 e. The summed E-state index contributed by atoms with van der Waals surface area (Å²) in [7, 11) is 0.